The molecule has 3 aliphatic carbocycles. The molecule has 0 saturated heterocycles. The van der Waals surface area contributed by atoms with Gasteiger partial charge in [0.25, 0.3) is 0 Å². The third-order valence-electron chi connectivity index (χ3n) is 4.72. The molecule has 3 aliphatic rings. The molecule has 2 unspecified atom stereocenters. The van der Waals surface area contributed by atoms with Crippen LogP contribution < -0.4 is 0 Å². The molecule has 16 heavy (non-hydrogen) atoms. The summed E-state index contributed by atoms with van der Waals surface area (Å²) in [7, 11) is 0. The molecule has 1 nitrogen and oxygen atoms in total. The second-order valence-electron chi connectivity index (χ2n) is 5.80. The van der Waals surface area contributed by atoms with E-state index in [1.165, 1.54) is 49.2 Å². The summed E-state index contributed by atoms with van der Waals surface area (Å²) in [4.78, 5) is 0. The van der Waals surface area contributed by atoms with Crippen LogP contribution in [0, 0.1) is 5.92 Å². The van der Waals surface area contributed by atoms with Gasteiger partial charge in [0.15, 0.2) is 0 Å². The largest absolute Gasteiger partial charge is 0.461 e. The average molecular weight is 214 g/mol. The van der Waals surface area contributed by atoms with Crippen LogP contribution in [0.2, 0.25) is 0 Å². The van der Waals surface area contributed by atoms with Crippen molar-refractivity contribution < 1.29 is 4.42 Å². The van der Waals surface area contributed by atoms with Gasteiger partial charge in [-0.1, -0.05) is 18.4 Å². The molecule has 0 N–H and O–H groups in total. The Hall–Kier alpha value is -0.980. The molecule has 84 valence electrons. The summed E-state index contributed by atoms with van der Waals surface area (Å²) in [6, 6.07) is 0. The highest BCUT2D eigenvalue weighted by Gasteiger charge is 2.40. The van der Waals surface area contributed by atoms with Crippen LogP contribution in [0.5, 0.6) is 0 Å². The van der Waals surface area contributed by atoms with E-state index in [1.54, 1.807) is 11.1 Å². The summed E-state index contributed by atoms with van der Waals surface area (Å²) >= 11 is 0. The molecular weight excluding hydrogens is 196 g/mol. The fraction of sp³-hybridized carbons (Fsp3) is 0.600. The lowest BCUT2D eigenvalue weighted by molar-refractivity contribution is 0.321. The second kappa shape index (κ2) is 3.03. The minimum absolute atomic E-state index is 0.843. The van der Waals surface area contributed by atoms with Gasteiger partial charge < -0.3 is 4.42 Å². The lowest BCUT2D eigenvalue weighted by Gasteiger charge is -2.25. The Morgan fingerprint density at radius 3 is 3.06 bits per heavy atom. The van der Waals surface area contributed by atoms with Crippen LogP contribution in [0.4, 0.5) is 0 Å². The third kappa shape index (κ3) is 1.07. The van der Waals surface area contributed by atoms with Gasteiger partial charge in [0, 0.05) is 17.5 Å². The van der Waals surface area contributed by atoms with Crippen molar-refractivity contribution >= 4 is 6.08 Å². The zero-order valence-electron chi connectivity index (χ0n) is 9.88. The monoisotopic (exact) mass is 214 g/mol. The second-order valence-corrected chi connectivity index (χ2v) is 5.80. The van der Waals surface area contributed by atoms with Gasteiger partial charge in [0.2, 0.25) is 0 Å². The van der Waals surface area contributed by atoms with Gasteiger partial charge in [0.05, 0.1) is 0 Å². The first-order valence-corrected chi connectivity index (χ1v) is 6.64. The summed E-state index contributed by atoms with van der Waals surface area (Å²) in [5.74, 6) is 4.28. The number of allylic oxidation sites excluding steroid dienone is 1. The van der Waals surface area contributed by atoms with Crippen molar-refractivity contribution in [1.29, 1.82) is 0 Å². The summed E-state index contributed by atoms with van der Waals surface area (Å²) < 4.78 is 6.05. The molecule has 1 aromatic rings. The Bertz CT molecular complexity index is 478. The molecule has 4 rings (SSSR count). The molecule has 0 amide bonds. The first-order chi connectivity index (χ1) is 7.83. The van der Waals surface area contributed by atoms with Crippen LogP contribution in [0.1, 0.15) is 61.2 Å². The van der Waals surface area contributed by atoms with Gasteiger partial charge in [-0.3, -0.25) is 0 Å². The lowest BCUT2D eigenvalue weighted by atomic mass is 9.79. The molecular formula is C15H18O. The van der Waals surface area contributed by atoms with Crippen LogP contribution >= 0.6 is 0 Å². The van der Waals surface area contributed by atoms with Crippen molar-refractivity contribution in [3.05, 3.63) is 28.2 Å². The Balaban J connectivity index is 1.80. The van der Waals surface area contributed by atoms with E-state index in [1.807, 2.05) is 0 Å². The number of rotatable bonds is 0. The van der Waals surface area contributed by atoms with Crippen LogP contribution in [0.3, 0.4) is 0 Å². The van der Waals surface area contributed by atoms with Crippen molar-refractivity contribution in [1.82, 2.24) is 0 Å². The SMILES string of the molecule is CC1=Cc2oc3c(c2C1)C1CCCCC1C3. The van der Waals surface area contributed by atoms with E-state index in [2.05, 4.69) is 13.0 Å². The van der Waals surface area contributed by atoms with E-state index in [-0.39, 0.29) is 0 Å². The maximum Gasteiger partial charge on any atom is 0.130 e. The Labute approximate surface area is 96.5 Å². The Morgan fingerprint density at radius 1 is 1.25 bits per heavy atom. The van der Waals surface area contributed by atoms with E-state index in [9.17, 15) is 0 Å². The minimum Gasteiger partial charge on any atom is -0.461 e. The summed E-state index contributed by atoms with van der Waals surface area (Å²) in [6.07, 6.45) is 10.3. The first kappa shape index (κ1) is 9.09. The highest BCUT2D eigenvalue weighted by atomic mass is 16.3. The van der Waals surface area contributed by atoms with Crippen molar-refractivity contribution in [3.8, 4) is 0 Å². The molecule has 0 bridgehead atoms. The highest BCUT2D eigenvalue weighted by molar-refractivity contribution is 5.63. The van der Waals surface area contributed by atoms with Crippen LogP contribution in [-0.2, 0) is 12.8 Å². The smallest absolute Gasteiger partial charge is 0.130 e. The maximum atomic E-state index is 6.05. The first-order valence-electron chi connectivity index (χ1n) is 6.64. The van der Waals surface area contributed by atoms with E-state index in [0.717, 1.165) is 18.3 Å². The summed E-state index contributed by atoms with van der Waals surface area (Å²) in [5, 5.41) is 0. The van der Waals surface area contributed by atoms with Gasteiger partial charge in [0.1, 0.15) is 11.5 Å². The molecule has 0 spiro atoms. The normalized spacial score (nSPS) is 30.9. The molecule has 1 aromatic heterocycles. The van der Waals surface area contributed by atoms with Gasteiger partial charge in [-0.2, -0.15) is 0 Å². The molecule has 0 radical (unpaired) electrons. The number of hydrogen-bond donors (Lipinski definition) is 0. The van der Waals surface area contributed by atoms with Gasteiger partial charge in [-0.25, -0.2) is 0 Å². The molecule has 0 aliphatic heterocycles. The molecule has 0 aromatic carbocycles. The number of furan rings is 1. The van der Waals surface area contributed by atoms with E-state index in [4.69, 9.17) is 4.42 Å². The number of hydrogen-bond acceptors (Lipinski definition) is 1. The van der Waals surface area contributed by atoms with E-state index >= 15 is 0 Å². The zero-order chi connectivity index (χ0) is 10.7. The topological polar surface area (TPSA) is 13.1 Å². The van der Waals surface area contributed by atoms with E-state index < -0.39 is 0 Å². The van der Waals surface area contributed by atoms with Crippen molar-refractivity contribution in [2.45, 2.75) is 51.4 Å². The summed E-state index contributed by atoms with van der Waals surface area (Å²) in [5.41, 5.74) is 4.64. The van der Waals surface area contributed by atoms with Crippen molar-refractivity contribution in [2.75, 3.05) is 0 Å². The fourth-order valence-electron chi connectivity index (χ4n) is 4.06. The Kier molecular flexibility index (Phi) is 1.72. The molecule has 1 saturated carbocycles. The predicted molar refractivity (Wildman–Crippen MR) is 64.5 cm³/mol. The third-order valence-corrected chi connectivity index (χ3v) is 4.72. The van der Waals surface area contributed by atoms with Gasteiger partial charge in [-0.15, -0.1) is 0 Å². The summed E-state index contributed by atoms with van der Waals surface area (Å²) in [6.45, 7) is 2.22. The molecule has 1 fully saturated rings. The van der Waals surface area contributed by atoms with Crippen molar-refractivity contribution in [2.24, 2.45) is 5.92 Å². The van der Waals surface area contributed by atoms with Crippen LogP contribution in [0.25, 0.3) is 6.08 Å². The predicted octanol–water partition coefficient (Wildman–Crippen LogP) is 4.07. The maximum absolute atomic E-state index is 6.05. The van der Waals surface area contributed by atoms with Gasteiger partial charge in [-0.05, 0) is 44.1 Å². The number of fused-ring (bicyclic) bond motifs is 5. The van der Waals surface area contributed by atoms with Crippen molar-refractivity contribution in [3.63, 3.8) is 0 Å². The van der Waals surface area contributed by atoms with Crippen LogP contribution in [-0.4, -0.2) is 0 Å². The standard InChI is InChI=1S/C15H18O/c1-9-6-12-13(7-9)16-14-8-10-4-2-3-5-11(10)15(12)14/h7,10-11H,2-6,8H2,1H3. The van der Waals surface area contributed by atoms with E-state index in [0.29, 0.717) is 0 Å². The highest BCUT2D eigenvalue weighted by Crippen LogP contribution is 2.51. The molecule has 2 atom stereocenters. The fourth-order valence-corrected chi connectivity index (χ4v) is 4.06. The van der Waals surface area contributed by atoms with Crippen LogP contribution in [0.15, 0.2) is 9.99 Å². The Morgan fingerprint density at radius 2 is 2.12 bits per heavy atom. The molecule has 1 heteroatoms. The lowest BCUT2D eigenvalue weighted by Crippen LogP contribution is -2.13. The van der Waals surface area contributed by atoms with Gasteiger partial charge >= 0.3 is 0 Å². The minimum atomic E-state index is 0.843. The quantitative estimate of drug-likeness (QED) is 0.634. The zero-order valence-corrected chi connectivity index (χ0v) is 9.88. The molecule has 1 heterocycles. The average Bonchev–Trinajstić information content (AvgIpc) is 2.85.